The maximum absolute atomic E-state index is 5.70. The SMILES string of the molecule is CC1CN(CC2CCCO2)CC(C)(C)N1. The lowest BCUT2D eigenvalue weighted by atomic mass is 9.98. The van der Waals surface area contributed by atoms with Crippen LogP contribution in [-0.2, 0) is 4.74 Å². The lowest BCUT2D eigenvalue weighted by Crippen LogP contribution is -2.61. The molecule has 3 heteroatoms. The summed E-state index contributed by atoms with van der Waals surface area (Å²) >= 11 is 0. The number of piperazine rings is 1. The zero-order valence-corrected chi connectivity index (χ0v) is 10.3. The van der Waals surface area contributed by atoms with Gasteiger partial charge in [-0.2, -0.15) is 0 Å². The van der Waals surface area contributed by atoms with Gasteiger partial charge < -0.3 is 10.1 Å². The van der Waals surface area contributed by atoms with Gasteiger partial charge >= 0.3 is 0 Å². The molecule has 0 bridgehead atoms. The quantitative estimate of drug-likeness (QED) is 0.745. The van der Waals surface area contributed by atoms with Crippen LogP contribution in [0.2, 0.25) is 0 Å². The van der Waals surface area contributed by atoms with Crippen LogP contribution in [0.15, 0.2) is 0 Å². The first-order valence-corrected chi connectivity index (χ1v) is 6.17. The Morgan fingerprint density at radius 1 is 1.47 bits per heavy atom. The topological polar surface area (TPSA) is 24.5 Å². The highest BCUT2D eigenvalue weighted by Crippen LogP contribution is 2.18. The Labute approximate surface area is 93.2 Å². The summed E-state index contributed by atoms with van der Waals surface area (Å²) in [5.74, 6) is 0. The summed E-state index contributed by atoms with van der Waals surface area (Å²) in [5.41, 5.74) is 0.246. The van der Waals surface area contributed by atoms with Crippen LogP contribution in [0.3, 0.4) is 0 Å². The third kappa shape index (κ3) is 3.16. The van der Waals surface area contributed by atoms with Gasteiger partial charge in [-0.1, -0.05) is 0 Å². The van der Waals surface area contributed by atoms with E-state index in [4.69, 9.17) is 4.74 Å². The van der Waals surface area contributed by atoms with Gasteiger partial charge in [0.15, 0.2) is 0 Å². The van der Waals surface area contributed by atoms with Gasteiger partial charge in [0.05, 0.1) is 6.10 Å². The van der Waals surface area contributed by atoms with Crippen LogP contribution in [0.25, 0.3) is 0 Å². The minimum atomic E-state index is 0.246. The van der Waals surface area contributed by atoms with Crippen molar-refractivity contribution in [1.82, 2.24) is 10.2 Å². The van der Waals surface area contributed by atoms with E-state index in [1.807, 2.05) is 0 Å². The molecule has 2 heterocycles. The first kappa shape index (κ1) is 11.4. The monoisotopic (exact) mass is 212 g/mol. The van der Waals surface area contributed by atoms with Gasteiger partial charge in [-0.25, -0.2) is 0 Å². The number of nitrogens with one attached hydrogen (secondary N) is 1. The fourth-order valence-electron chi connectivity index (χ4n) is 2.98. The summed E-state index contributed by atoms with van der Waals surface area (Å²) in [5, 5.41) is 3.63. The van der Waals surface area contributed by atoms with Crippen molar-refractivity contribution in [2.75, 3.05) is 26.2 Å². The molecule has 0 aliphatic carbocycles. The molecule has 15 heavy (non-hydrogen) atoms. The highest BCUT2D eigenvalue weighted by molar-refractivity contribution is 4.91. The molecule has 0 radical (unpaired) electrons. The molecular weight excluding hydrogens is 188 g/mol. The molecule has 0 spiro atoms. The van der Waals surface area contributed by atoms with E-state index in [9.17, 15) is 0 Å². The van der Waals surface area contributed by atoms with E-state index in [2.05, 4.69) is 31.0 Å². The first-order chi connectivity index (χ1) is 7.05. The first-order valence-electron chi connectivity index (χ1n) is 6.17. The molecule has 0 aromatic carbocycles. The second kappa shape index (κ2) is 4.40. The fraction of sp³-hybridized carbons (Fsp3) is 1.00. The molecule has 1 N–H and O–H groups in total. The molecule has 2 aliphatic rings. The summed E-state index contributed by atoms with van der Waals surface area (Å²) < 4.78 is 5.70. The zero-order chi connectivity index (χ0) is 10.9. The maximum atomic E-state index is 5.70. The summed E-state index contributed by atoms with van der Waals surface area (Å²) in [4.78, 5) is 2.55. The van der Waals surface area contributed by atoms with Gasteiger partial charge in [0.1, 0.15) is 0 Å². The van der Waals surface area contributed by atoms with E-state index in [0.29, 0.717) is 12.1 Å². The molecule has 0 aromatic heterocycles. The molecular formula is C12H24N2O. The number of rotatable bonds is 2. The summed E-state index contributed by atoms with van der Waals surface area (Å²) in [7, 11) is 0. The highest BCUT2D eigenvalue weighted by Gasteiger charge is 2.31. The smallest absolute Gasteiger partial charge is 0.0702 e. The van der Waals surface area contributed by atoms with Crippen molar-refractivity contribution in [3.63, 3.8) is 0 Å². The van der Waals surface area contributed by atoms with Crippen molar-refractivity contribution in [3.8, 4) is 0 Å². The molecule has 3 nitrogen and oxygen atoms in total. The molecule has 0 saturated carbocycles. The standard InChI is InChI=1S/C12H24N2O/c1-10-7-14(9-12(2,3)13-10)8-11-5-4-6-15-11/h10-11,13H,4-9H2,1-3H3. The van der Waals surface area contributed by atoms with Gasteiger partial charge in [-0.15, -0.1) is 0 Å². The average Bonchev–Trinajstić information content (AvgIpc) is 2.52. The Morgan fingerprint density at radius 2 is 2.27 bits per heavy atom. The van der Waals surface area contributed by atoms with Crippen LogP contribution in [0.4, 0.5) is 0 Å². The van der Waals surface area contributed by atoms with E-state index >= 15 is 0 Å². The van der Waals surface area contributed by atoms with Gasteiger partial charge in [0.2, 0.25) is 0 Å². The van der Waals surface area contributed by atoms with Gasteiger partial charge in [0.25, 0.3) is 0 Å². The Balaban J connectivity index is 1.85. The van der Waals surface area contributed by atoms with Crippen molar-refractivity contribution in [2.45, 2.75) is 51.3 Å². The number of nitrogens with zero attached hydrogens (tertiary/aromatic N) is 1. The second-order valence-corrected chi connectivity index (χ2v) is 5.76. The summed E-state index contributed by atoms with van der Waals surface area (Å²) in [6, 6.07) is 0.593. The highest BCUT2D eigenvalue weighted by atomic mass is 16.5. The lowest BCUT2D eigenvalue weighted by Gasteiger charge is -2.43. The summed E-state index contributed by atoms with van der Waals surface area (Å²) in [6.45, 7) is 11.2. The molecule has 2 atom stereocenters. The van der Waals surface area contributed by atoms with Gasteiger partial charge in [-0.3, -0.25) is 4.90 Å². The number of hydrogen-bond donors (Lipinski definition) is 1. The lowest BCUT2D eigenvalue weighted by molar-refractivity contribution is 0.0433. The number of ether oxygens (including phenoxy) is 1. The Bertz CT molecular complexity index is 212. The van der Waals surface area contributed by atoms with Crippen LogP contribution in [-0.4, -0.2) is 48.8 Å². The fourth-order valence-corrected chi connectivity index (χ4v) is 2.98. The van der Waals surface area contributed by atoms with Crippen LogP contribution in [0.5, 0.6) is 0 Å². The normalized spacial score (nSPS) is 37.0. The van der Waals surface area contributed by atoms with Crippen molar-refractivity contribution < 1.29 is 4.74 Å². The van der Waals surface area contributed by atoms with Crippen molar-refractivity contribution in [1.29, 1.82) is 0 Å². The largest absolute Gasteiger partial charge is 0.377 e. The van der Waals surface area contributed by atoms with Crippen LogP contribution in [0.1, 0.15) is 33.6 Å². The molecule has 2 aliphatic heterocycles. The zero-order valence-electron chi connectivity index (χ0n) is 10.3. The number of hydrogen-bond acceptors (Lipinski definition) is 3. The predicted octanol–water partition coefficient (Wildman–Crippen LogP) is 1.24. The van der Waals surface area contributed by atoms with E-state index in [1.165, 1.54) is 12.8 Å². The van der Waals surface area contributed by atoms with Crippen LogP contribution < -0.4 is 5.32 Å². The van der Waals surface area contributed by atoms with E-state index in [0.717, 1.165) is 26.2 Å². The molecule has 2 rings (SSSR count). The van der Waals surface area contributed by atoms with E-state index in [-0.39, 0.29) is 5.54 Å². The molecule has 2 saturated heterocycles. The molecule has 2 fully saturated rings. The van der Waals surface area contributed by atoms with E-state index < -0.39 is 0 Å². The summed E-state index contributed by atoms with van der Waals surface area (Å²) in [6.07, 6.45) is 2.99. The average molecular weight is 212 g/mol. The molecule has 2 unspecified atom stereocenters. The Kier molecular flexibility index (Phi) is 3.33. The Morgan fingerprint density at radius 3 is 2.87 bits per heavy atom. The minimum Gasteiger partial charge on any atom is -0.377 e. The second-order valence-electron chi connectivity index (χ2n) is 5.76. The molecule has 0 amide bonds. The molecule has 88 valence electrons. The Hall–Kier alpha value is -0.120. The van der Waals surface area contributed by atoms with Crippen molar-refractivity contribution >= 4 is 0 Å². The van der Waals surface area contributed by atoms with Crippen molar-refractivity contribution in [2.24, 2.45) is 0 Å². The van der Waals surface area contributed by atoms with Crippen molar-refractivity contribution in [3.05, 3.63) is 0 Å². The maximum Gasteiger partial charge on any atom is 0.0702 e. The third-order valence-electron chi connectivity index (χ3n) is 3.27. The van der Waals surface area contributed by atoms with Crippen LogP contribution >= 0.6 is 0 Å². The van der Waals surface area contributed by atoms with E-state index in [1.54, 1.807) is 0 Å². The minimum absolute atomic E-state index is 0.246. The predicted molar refractivity (Wildman–Crippen MR) is 62.1 cm³/mol. The third-order valence-corrected chi connectivity index (χ3v) is 3.27. The van der Waals surface area contributed by atoms with Gasteiger partial charge in [0, 0.05) is 37.8 Å². The van der Waals surface area contributed by atoms with Gasteiger partial charge in [-0.05, 0) is 33.6 Å². The molecule has 0 aromatic rings. The van der Waals surface area contributed by atoms with Crippen LogP contribution in [0, 0.1) is 0 Å².